The van der Waals surface area contributed by atoms with E-state index >= 15 is 0 Å². The fraction of sp³-hybridized carbons (Fsp3) is 0.250. The van der Waals surface area contributed by atoms with Crippen molar-refractivity contribution in [1.82, 2.24) is 10.6 Å². The average molecular weight is 505 g/mol. The van der Waals surface area contributed by atoms with Gasteiger partial charge in [0.05, 0.1) is 0 Å². The van der Waals surface area contributed by atoms with Crippen LogP contribution in [0.5, 0.6) is 0 Å². The van der Waals surface area contributed by atoms with E-state index in [1.54, 1.807) is 0 Å². The van der Waals surface area contributed by atoms with Crippen molar-refractivity contribution >= 4 is 42.9 Å². The summed E-state index contributed by atoms with van der Waals surface area (Å²) in [5.41, 5.74) is 7.79. The zero-order valence-electron chi connectivity index (χ0n) is 21.0. The molecule has 5 heteroatoms. The van der Waals surface area contributed by atoms with Gasteiger partial charge in [0.25, 0.3) is 0 Å². The Balaban J connectivity index is 1.26. The van der Waals surface area contributed by atoms with Crippen molar-refractivity contribution in [3.63, 3.8) is 0 Å². The second-order valence-corrected chi connectivity index (χ2v) is 11.2. The first-order chi connectivity index (χ1) is 18.3. The first-order valence-electron chi connectivity index (χ1n) is 13.4. The minimum absolute atomic E-state index is 1.05. The molecule has 0 aliphatic carbocycles. The summed E-state index contributed by atoms with van der Waals surface area (Å²) in [7, 11) is 0. The standard InChI is InChI=1S/C32H32N4S/c1-3-23(19-27(5-1)35-15-11-33-12-16-35)25-7-9-31-29(21-25)30-22-26(8-10-32(30)37-31)24-4-2-6-28(20-24)36-17-13-34-14-18-36/h1-10,19-22,33-34H,11-18H2. The third kappa shape index (κ3) is 4.48. The number of anilines is 2. The van der Waals surface area contributed by atoms with E-state index < -0.39 is 0 Å². The first-order valence-corrected chi connectivity index (χ1v) is 14.2. The van der Waals surface area contributed by atoms with Gasteiger partial charge in [0.15, 0.2) is 0 Å². The summed E-state index contributed by atoms with van der Waals surface area (Å²) in [5, 5.41) is 9.62. The number of rotatable bonds is 4. The second kappa shape index (κ2) is 9.82. The molecule has 7 rings (SSSR count). The summed E-state index contributed by atoms with van der Waals surface area (Å²) in [6.45, 7) is 8.48. The maximum atomic E-state index is 3.46. The molecule has 0 atom stereocenters. The monoisotopic (exact) mass is 504 g/mol. The van der Waals surface area contributed by atoms with Crippen LogP contribution >= 0.6 is 11.3 Å². The molecule has 4 nitrogen and oxygen atoms in total. The van der Waals surface area contributed by atoms with Crippen molar-refractivity contribution < 1.29 is 0 Å². The highest BCUT2D eigenvalue weighted by Crippen LogP contribution is 2.39. The Morgan fingerprint density at radius 2 is 0.919 bits per heavy atom. The van der Waals surface area contributed by atoms with Crippen LogP contribution in [0.4, 0.5) is 11.4 Å². The molecule has 186 valence electrons. The normalized spacial score (nSPS) is 16.5. The van der Waals surface area contributed by atoms with Crippen molar-refractivity contribution in [2.24, 2.45) is 0 Å². The molecule has 0 radical (unpaired) electrons. The molecule has 2 N–H and O–H groups in total. The van der Waals surface area contributed by atoms with Gasteiger partial charge in [0.2, 0.25) is 0 Å². The number of hydrogen-bond acceptors (Lipinski definition) is 5. The predicted octanol–water partition coefficient (Wildman–Crippen LogP) is 6.21. The minimum Gasteiger partial charge on any atom is -0.369 e. The quantitative estimate of drug-likeness (QED) is 0.305. The SMILES string of the molecule is c1cc(-c2ccc3sc4ccc(-c5cccc(N6CCNCC6)c5)cc4c3c2)cc(N2CCNCC2)c1. The largest absolute Gasteiger partial charge is 0.369 e. The van der Waals surface area contributed by atoms with Crippen molar-refractivity contribution in [2.45, 2.75) is 0 Å². The Morgan fingerprint density at radius 3 is 1.38 bits per heavy atom. The van der Waals surface area contributed by atoms with Crippen molar-refractivity contribution in [2.75, 3.05) is 62.2 Å². The van der Waals surface area contributed by atoms with E-state index in [1.807, 2.05) is 11.3 Å². The summed E-state index contributed by atoms with van der Waals surface area (Å²) >= 11 is 1.89. The Hall–Kier alpha value is -3.38. The van der Waals surface area contributed by atoms with E-state index in [-0.39, 0.29) is 0 Å². The van der Waals surface area contributed by atoms with E-state index in [0.717, 1.165) is 52.4 Å². The Bertz CT molecular complexity index is 1440. The Kier molecular flexibility index (Phi) is 6.05. The van der Waals surface area contributed by atoms with Gasteiger partial charge in [-0.25, -0.2) is 0 Å². The van der Waals surface area contributed by atoms with E-state index in [0.29, 0.717) is 0 Å². The lowest BCUT2D eigenvalue weighted by Gasteiger charge is -2.29. The van der Waals surface area contributed by atoms with Crippen LogP contribution < -0.4 is 20.4 Å². The second-order valence-electron chi connectivity index (χ2n) is 10.1. The van der Waals surface area contributed by atoms with Gasteiger partial charge < -0.3 is 20.4 Å². The van der Waals surface area contributed by atoms with Crippen molar-refractivity contribution in [3.8, 4) is 22.3 Å². The van der Waals surface area contributed by atoms with Crippen LogP contribution in [0.25, 0.3) is 42.4 Å². The number of fused-ring (bicyclic) bond motifs is 3. The molecular weight excluding hydrogens is 472 g/mol. The lowest BCUT2D eigenvalue weighted by molar-refractivity contribution is 0.589. The number of nitrogens with one attached hydrogen (secondary N) is 2. The summed E-state index contributed by atoms with van der Waals surface area (Å²) in [6.07, 6.45) is 0. The van der Waals surface area contributed by atoms with Crippen LogP contribution in [0.1, 0.15) is 0 Å². The summed E-state index contributed by atoms with van der Waals surface area (Å²) in [6, 6.07) is 32.1. The van der Waals surface area contributed by atoms with Crippen molar-refractivity contribution in [1.29, 1.82) is 0 Å². The highest BCUT2D eigenvalue weighted by atomic mass is 32.1. The van der Waals surface area contributed by atoms with E-state index in [4.69, 9.17) is 0 Å². The number of benzene rings is 4. The molecule has 0 amide bonds. The minimum atomic E-state index is 1.05. The molecule has 1 aromatic heterocycles. The smallest absolute Gasteiger partial charge is 0.0373 e. The number of thiophene rings is 1. The number of hydrogen-bond donors (Lipinski definition) is 2. The maximum Gasteiger partial charge on any atom is 0.0373 e. The van der Waals surface area contributed by atoms with Crippen LogP contribution in [0.2, 0.25) is 0 Å². The molecule has 2 saturated heterocycles. The van der Waals surface area contributed by atoms with E-state index in [1.165, 1.54) is 53.8 Å². The molecule has 2 aliphatic heterocycles. The third-order valence-electron chi connectivity index (χ3n) is 7.79. The van der Waals surface area contributed by atoms with Crippen molar-refractivity contribution in [3.05, 3.63) is 84.9 Å². The highest BCUT2D eigenvalue weighted by Gasteiger charge is 2.14. The zero-order chi connectivity index (χ0) is 24.6. The molecule has 2 aliphatic rings. The fourth-order valence-corrected chi connectivity index (χ4v) is 6.81. The van der Waals surface area contributed by atoms with Crippen LogP contribution in [0.3, 0.4) is 0 Å². The molecule has 5 aromatic rings. The Labute approximate surface area is 222 Å². The molecular formula is C32H32N4S. The molecule has 0 saturated carbocycles. The number of piperazine rings is 2. The average Bonchev–Trinajstić information content (AvgIpc) is 3.35. The van der Waals surface area contributed by atoms with Crippen LogP contribution in [0.15, 0.2) is 84.9 Å². The summed E-state index contributed by atoms with van der Waals surface area (Å²) < 4.78 is 2.70. The molecule has 2 fully saturated rings. The molecule has 3 heterocycles. The van der Waals surface area contributed by atoms with Gasteiger partial charge in [-0.1, -0.05) is 36.4 Å². The molecule has 4 aromatic carbocycles. The highest BCUT2D eigenvalue weighted by molar-refractivity contribution is 7.25. The van der Waals surface area contributed by atoms with E-state index in [9.17, 15) is 0 Å². The molecule has 37 heavy (non-hydrogen) atoms. The predicted molar refractivity (Wildman–Crippen MR) is 160 cm³/mol. The van der Waals surface area contributed by atoms with Crippen LogP contribution in [0, 0.1) is 0 Å². The van der Waals surface area contributed by atoms with Crippen LogP contribution in [-0.2, 0) is 0 Å². The van der Waals surface area contributed by atoms with Gasteiger partial charge in [-0.2, -0.15) is 0 Å². The number of nitrogens with zero attached hydrogens (tertiary/aromatic N) is 2. The van der Waals surface area contributed by atoms with Gasteiger partial charge >= 0.3 is 0 Å². The lowest BCUT2D eigenvalue weighted by atomic mass is 9.99. The molecule has 0 spiro atoms. The Morgan fingerprint density at radius 1 is 0.486 bits per heavy atom. The zero-order valence-corrected chi connectivity index (χ0v) is 21.9. The first kappa shape index (κ1) is 22.8. The summed E-state index contributed by atoms with van der Waals surface area (Å²) in [4.78, 5) is 4.97. The van der Waals surface area contributed by atoms with Gasteiger partial charge in [-0.3, -0.25) is 0 Å². The van der Waals surface area contributed by atoms with Gasteiger partial charge in [0.1, 0.15) is 0 Å². The van der Waals surface area contributed by atoms with Gasteiger partial charge in [0, 0.05) is 83.9 Å². The van der Waals surface area contributed by atoms with Gasteiger partial charge in [-0.15, -0.1) is 11.3 Å². The maximum absolute atomic E-state index is 3.46. The summed E-state index contributed by atoms with van der Waals surface area (Å²) in [5.74, 6) is 0. The molecule has 0 unspecified atom stereocenters. The van der Waals surface area contributed by atoms with E-state index in [2.05, 4.69) is 105 Å². The van der Waals surface area contributed by atoms with Gasteiger partial charge in [-0.05, 0) is 70.8 Å². The third-order valence-corrected chi connectivity index (χ3v) is 8.94. The lowest BCUT2D eigenvalue weighted by Crippen LogP contribution is -2.43. The molecule has 0 bridgehead atoms. The van der Waals surface area contributed by atoms with Crippen LogP contribution in [-0.4, -0.2) is 52.4 Å². The topological polar surface area (TPSA) is 30.5 Å². The fourth-order valence-electron chi connectivity index (χ4n) is 5.75.